The largest absolute Gasteiger partial charge is 0.389 e. The van der Waals surface area contributed by atoms with Crippen molar-refractivity contribution in [3.05, 3.63) is 46.8 Å². The van der Waals surface area contributed by atoms with Gasteiger partial charge < -0.3 is 20.7 Å². The maximum atomic E-state index is 13.4. The normalized spacial score (nSPS) is 29.1. The highest BCUT2D eigenvalue weighted by Crippen LogP contribution is 2.53. The second-order valence-corrected chi connectivity index (χ2v) is 8.60. The fraction of sp³-hybridized carbons (Fsp3) is 0.500. The molecule has 4 N–H and O–H groups in total. The van der Waals surface area contributed by atoms with E-state index in [9.17, 15) is 14.3 Å². The molecule has 1 amide bonds. The Labute approximate surface area is 167 Å². The molecule has 0 spiro atoms. The highest BCUT2D eigenvalue weighted by molar-refractivity contribution is 6.31. The van der Waals surface area contributed by atoms with Gasteiger partial charge in [0.25, 0.3) is 5.91 Å². The first kappa shape index (κ1) is 19.4. The maximum Gasteiger partial charge on any atom is 0.274 e. The van der Waals surface area contributed by atoms with E-state index >= 15 is 0 Å². The van der Waals surface area contributed by atoms with E-state index in [-0.39, 0.29) is 16.8 Å². The molecule has 2 atom stereocenters. The van der Waals surface area contributed by atoms with Crippen molar-refractivity contribution in [2.45, 2.75) is 37.2 Å². The molecule has 0 radical (unpaired) electrons. The molecule has 8 heteroatoms. The Kier molecular flexibility index (Phi) is 4.93. The first-order chi connectivity index (χ1) is 13.3. The number of rotatable bonds is 4. The van der Waals surface area contributed by atoms with Crippen molar-refractivity contribution in [3.63, 3.8) is 0 Å². The number of nitrogens with two attached hydrogens (primary N) is 1. The molecule has 150 valence electrons. The van der Waals surface area contributed by atoms with Gasteiger partial charge in [-0.1, -0.05) is 11.6 Å². The number of nitrogens with one attached hydrogen (secondary N) is 1. The molecule has 1 aromatic heterocycles. The van der Waals surface area contributed by atoms with Crippen molar-refractivity contribution in [2.24, 2.45) is 24.6 Å². The summed E-state index contributed by atoms with van der Waals surface area (Å²) in [7, 11) is 1.78. The molecule has 2 unspecified atom stereocenters. The predicted molar refractivity (Wildman–Crippen MR) is 105 cm³/mol. The zero-order valence-electron chi connectivity index (χ0n) is 15.7. The summed E-state index contributed by atoms with van der Waals surface area (Å²) in [6.07, 6.45) is 4.87. The van der Waals surface area contributed by atoms with E-state index in [0.29, 0.717) is 42.6 Å². The van der Waals surface area contributed by atoms with E-state index in [1.807, 2.05) is 0 Å². The summed E-state index contributed by atoms with van der Waals surface area (Å²) in [6.45, 7) is 0.294. The van der Waals surface area contributed by atoms with Crippen LogP contribution < -0.4 is 11.1 Å². The van der Waals surface area contributed by atoms with Crippen molar-refractivity contribution in [3.8, 4) is 0 Å². The number of fused-ring (bicyclic) bond motifs is 1. The highest BCUT2D eigenvalue weighted by Gasteiger charge is 2.49. The zero-order chi connectivity index (χ0) is 20.1. The van der Waals surface area contributed by atoms with E-state index in [2.05, 4.69) is 10.3 Å². The summed E-state index contributed by atoms with van der Waals surface area (Å²) in [4.78, 5) is 17.4. The Bertz CT molecular complexity index is 902. The van der Waals surface area contributed by atoms with Crippen LogP contribution in [0.25, 0.3) is 0 Å². The molecule has 6 nitrogen and oxygen atoms in total. The number of hydrogen-bond donors (Lipinski definition) is 3. The Morgan fingerprint density at radius 2 is 2.11 bits per heavy atom. The van der Waals surface area contributed by atoms with Gasteiger partial charge in [0.2, 0.25) is 0 Å². The minimum Gasteiger partial charge on any atom is -0.389 e. The van der Waals surface area contributed by atoms with Crippen molar-refractivity contribution in [2.75, 3.05) is 11.9 Å². The quantitative estimate of drug-likeness (QED) is 0.727. The van der Waals surface area contributed by atoms with E-state index in [1.54, 1.807) is 17.9 Å². The minimum atomic E-state index is -0.744. The van der Waals surface area contributed by atoms with Crippen molar-refractivity contribution < 1.29 is 14.3 Å². The molecule has 28 heavy (non-hydrogen) atoms. The number of aromatic nitrogens is 2. The number of carbonyl (C=O) groups is 1. The van der Waals surface area contributed by atoms with E-state index in [4.69, 9.17) is 17.3 Å². The molecule has 0 bridgehead atoms. The number of carbonyl (C=O) groups excluding carboxylic acids is 1. The van der Waals surface area contributed by atoms with Gasteiger partial charge >= 0.3 is 0 Å². The number of aliphatic hydroxyl groups is 1. The third-order valence-electron chi connectivity index (χ3n) is 6.25. The van der Waals surface area contributed by atoms with Crippen LogP contribution in [0.2, 0.25) is 5.02 Å². The van der Waals surface area contributed by atoms with Gasteiger partial charge in [0.1, 0.15) is 11.5 Å². The molecule has 2 aliphatic carbocycles. The average molecular weight is 407 g/mol. The second-order valence-electron chi connectivity index (χ2n) is 8.20. The third kappa shape index (κ3) is 3.43. The molecule has 0 aliphatic heterocycles. The molecule has 2 aliphatic rings. The Morgan fingerprint density at radius 3 is 2.71 bits per heavy atom. The first-order valence-electron chi connectivity index (χ1n) is 9.49. The van der Waals surface area contributed by atoms with Gasteiger partial charge in [0.15, 0.2) is 0 Å². The van der Waals surface area contributed by atoms with Crippen LogP contribution in [0.15, 0.2) is 24.5 Å². The number of anilines is 1. The standard InChI is InChI=1S/C20H24ClFN4O2/c1-26-10-24-17(11-4-12-7-20(28,9-23)8-13(12)5-11)18(26)19(27)25-14-2-3-16(22)15(21)6-14/h2-3,6,10-13,28H,4-5,7-9,23H2,1H3,(H,25,27). The summed E-state index contributed by atoms with van der Waals surface area (Å²) in [6, 6.07) is 4.08. The van der Waals surface area contributed by atoms with Crippen molar-refractivity contribution in [1.29, 1.82) is 0 Å². The molecule has 1 aromatic carbocycles. The molecular formula is C20H24ClFN4O2. The molecule has 2 aromatic rings. The minimum absolute atomic E-state index is 0.0426. The number of nitrogens with zero attached hydrogens (tertiary/aromatic N) is 2. The van der Waals surface area contributed by atoms with E-state index < -0.39 is 11.4 Å². The second kappa shape index (κ2) is 7.13. The topological polar surface area (TPSA) is 93.2 Å². The molecule has 2 fully saturated rings. The van der Waals surface area contributed by atoms with Gasteiger partial charge in [0, 0.05) is 25.2 Å². The van der Waals surface area contributed by atoms with E-state index in [1.165, 1.54) is 18.2 Å². The van der Waals surface area contributed by atoms with Gasteiger partial charge in [-0.05, 0) is 55.7 Å². The van der Waals surface area contributed by atoms with Crippen molar-refractivity contribution in [1.82, 2.24) is 9.55 Å². The molecule has 4 rings (SSSR count). The lowest BCUT2D eigenvalue weighted by Crippen LogP contribution is -2.35. The van der Waals surface area contributed by atoms with Crippen LogP contribution >= 0.6 is 11.6 Å². The van der Waals surface area contributed by atoms with Crippen LogP contribution in [0.3, 0.4) is 0 Å². The molecular weight excluding hydrogens is 383 g/mol. The fourth-order valence-electron chi connectivity index (χ4n) is 4.95. The number of imidazole rings is 1. The van der Waals surface area contributed by atoms with Gasteiger partial charge in [-0.3, -0.25) is 4.79 Å². The van der Waals surface area contributed by atoms with Crippen LogP contribution in [-0.4, -0.2) is 32.7 Å². The molecule has 0 saturated heterocycles. The first-order valence-corrected chi connectivity index (χ1v) is 9.87. The number of halogens is 2. The summed E-state index contributed by atoms with van der Waals surface area (Å²) >= 11 is 5.80. The Hall–Kier alpha value is -1.96. The maximum absolute atomic E-state index is 13.4. The number of amides is 1. The number of aryl methyl sites for hydroxylation is 1. The fourth-order valence-corrected chi connectivity index (χ4v) is 5.13. The third-order valence-corrected chi connectivity index (χ3v) is 6.54. The lowest BCUT2D eigenvalue weighted by atomic mass is 9.92. The van der Waals surface area contributed by atoms with E-state index in [0.717, 1.165) is 18.5 Å². The van der Waals surface area contributed by atoms with Gasteiger partial charge in [0.05, 0.1) is 22.6 Å². The summed E-state index contributed by atoms with van der Waals surface area (Å²) < 4.78 is 15.1. The van der Waals surface area contributed by atoms with Crippen LogP contribution in [0.4, 0.5) is 10.1 Å². The highest BCUT2D eigenvalue weighted by atomic mass is 35.5. The van der Waals surface area contributed by atoms with Crippen LogP contribution in [0, 0.1) is 17.7 Å². The zero-order valence-corrected chi connectivity index (χ0v) is 16.4. The lowest BCUT2D eigenvalue weighted by molar-refractivity contribution is 0.0472. The smallest absolute Gasteiger partial charge is 0.274 e. The van der Waals surface area contributed by atoms with Crippen LogP contribution in [-0.2, 0) is 7.05 Å². The molecule has 1 heterocycles. The Balaban J connectivity index is 1.52. The summed E-state index contributed by atoms with van der Waals surface area (Å²) in [5.41, 5.74) is 6.69. The number of hydrogen-bond acceptors (Lipinski definition) is 4. The van der Waals surface area contributed by atoms with Gasteiger partial charge in [-0.15, -0.1) is 0 Å². The molecule has 2 saturated carbocycles. The van der Waals surface area contributed by atoms with Crippen molar-refractivity contribution >= 4 is 23.2 Å². The van der Waals surface area contributed by atoms with Crippen LogP contribution in [0.1, 0.15) is 47.8 Å². The van der Waals surface area contributed by atoms with Crippen LogP contribution in [0.5, 0.6) is 0 Å². The SMILES string of the molecule is Cn1cnc(C2CC3CC(O)(CN)CC3C2)c1C(=O)Nc1ccc(F)c(Cl)c1. The lowest BCUT2D eigenvalue weighted by Gasteiger charge is -2.22. The summed E-state index contributed by atoms with van der Waals surface area (Å²) in [5, 5.41) is 13.2. The van der Waals surface area contributed by atoms with Gasteiger partial charge in [-0.25, -0.2) is 9.37 Å². The monoisotopic (exact) mass is 406 g/mol. The van der Waals surface area contributed by atoms with Gasteiger partial charge in [-0.2, -0.15) is 0 Å². The average Bonchev–Trinajstić information content (AvgIpc) is 3.29. The Morgan fingerprint density at radius 1 is 1.43 bits per heavy atom. The number of benzene rings is 1. The predicted octanol–water partition coefficient (Wildman–Crippen LogP) is 3.06. The summed E-state index contributed by atoms with van der Waals surface area (Å²) in [5.74, 6) is 0.167.